The quantitative estimate of drug-likeness (QED) is 0.734. The van der Waals surface area contributed by atoms with Crippen molar-refractivity contribution in [3.8, 4) is 0 Å². The summed E-state index contributed by atoms with van der Waals surface area (Å²) in [5, 5.41) is 0. The fraction of sp³-hybridized carbons (Fsp3) is 0.458. The molecule has 2 heterocycles. The number of hydrogen-bond donors (Lipinski definition) is 0. The van der Waals surface area contributed by atoms with Crippen LogP contribution in [-0.2, 0) is 27.9 Å². The van der Waals surface area contributed by atoms with E-state index in [2.05, 4.69) is 23.1 Å². The van der Waals surface area contributed by atoms with Crippen LogP contribution < -0.4 is 4.90 Å². The van der Waals surface area contributed by atoms with Crippen molar-refractivity contribution in [2.45, 2.75) is 51.4 Å². The van der Waals surface area contributed by atoms with E-state index in [4.69, 9.17) is 0 Å². The monoisotopic (exact) mass is 441 g/mol. The Morgan fingerprint density at radius 1 is 0.968 bits per heavy atom. The Balaban J connectivity index is 1.75. The third-order valence-electron chi connectivity index (χ3n) is 6.40. The van der Waals surface area contributed by atoms with Crippen LogP contribution in [0.3, 0.4) is 0 Å². The molecule has 2 aromatic carbocycles. The summed E-state index contributed by atoms with van der Waals surface area (Å²) in [5.74, 6) is -0.0123. The lowest BCUT2D eigenvalue weighted by Crippen LogP contribution is -2.46. The number of fused-ring (bicyclic) bond motifs is 3. The first-order valence-corrected chi connectivity index (χ1v) is 12.8. The molecule has 1 saturated heterocycles. The highest BCUT2D eigenvalue weighted by Crippen LogP contribution is 2.33. The van der Waals surface area contributed by atoms with Gasteiger partial charge in [0.05, 0.1) is 6.26 Å². The van der Waals surface area contributed by atoms with E-state index >= 15 is 0 Å². The lowest BCUT2D eigenvalue weighted by atomic mass is 10.1. The molecule has 0 saturated carbocycles. The van der Waals surface area contributed by atoms with Crippen LogP contribution in [0.4, 0.5) is 5.69 Å². The van der Waals surface area contributed by atoms with Gasteiger partial charge in [0.2, 0.25) is 15.9 Å². The Labute approximate surface area is 185 Å². The summed E-state index contributed by atoms with van der Waals surface area (Å²) < 4.78 is 27.2. The van der Waals surface area contributed by atoms with E-state index in [1.807, 2.05) is 41.3 Å². The minimum absolute atomic E-state index is 0.0123. The lowest BCUT2D eigenvalue weighted by molar-refractivity contribution is -0.116. The SMILES string of the molecule is CC(=O)N1CC[C@H]2CC[C@@H](CN(Cc3ccccc3)Cc3ccccc31)N2S(C)(=O)=O. The van der Waals surface area contributed by atoms with Gasteiger partial charge in [0, 0.05) is 50.9 Å². The zero-order valence-corrected chi connectivity index (χ0v) is 19.1. The summed E-state index contributed by atoms with van der Waals surface area (Å²) in [6.07, 6.45) is 3.65. The molecular weight excluding hydrogens is 410 g/mol. The Kier molecular flexibility index (Phi) is 6.46. The van der Waals surface area contributed by atoms with Gasteiger partial charge in [-0.15, -0.1) is 0 Å². The maximum absolute atomic E-state index is 12.7. The highest BCUT2D eigenvalue weighted by atomic mass is 32.2. The van der Waals surface area contributed by atoms with Crippen LogP contribution in [0.25, 0.3) is 0 Å². The normalized spacial score (nSPS) is 23.2. The van der Waals surface area contributed by atoms with Gasteiger partial charge in [0.1, 0.15) is 0 Å². The smallest absolute Gasteiger partial charge is 0.223 e. The lowest BCUT2D eigenvalue weighted by Gasteiger charge is -2.32. The number of sulfonamides is 1. The molecule has 0 spiro atoms. The van der Waals surface area contributed by atoms with Crippen molar-refractivity contribution in [1.29, 1.82) is 0 Å². The number of carbonyl (C=O) groups excluding carboxylic acids is 1. The molecule has 0 aromatic heterocycles. The van der Waals surface area contributed by atoms with Crippen LogP contribution in [0.15, 0.2) is 54.6 Å². The number of hydrogen-bond acceptors (Lipinski definition) is 4. The fourth-order valence-electron chi connectivity index (χ4n) is 5.12. The second kappa shape index (κ2) is 9.10. The number of para-hydroxylation sites is 1. The van der Waals surface area contributed by atoms with Gasteiger partial charge < -0.3 is 4.90 Å². The number of benzene rings is 2. The van der Waals surface area contributed by atoms with Crippen LogP contribution in [0.1, 0.15) is 37.3 Å². The van der Waals surface area contributed by atoms with E-state index in [0.717, 1.165) is 30.6 Å². The molecule has 6 nitrogen and oxygen atoms in total. The van der Waals surface area contributed by atoms with Gasteiger partial charge in [-0.3, -0.25) is 9.69 Å². The molecule has 7 heteroatoms. The molecule has 0 unspecified atom stereocenters. The highest BCUT2D eigenvalue weighted by Gasteiger charge is 2.40. The van der Waals surface area contributed by atoms with Crippen LogP contribution in [0, 0.1) is 0 Å². The number of rotatable bonds is 3. The third-order valence-corrected chi connectivity index (χ3v) is 7.76. The zero-order chi connectivity index (χ0) is 22.0. The van der Waals surface area contributed by atoms with E-state index in [-0.39, 0.29) is 18.0 Å². The van der Waals surface area contributed by atoms with Crippen molar-refractivity contribution >= 4 is 21.6 Å². The first-order valence-electron chi connectivity index (χ1n) is 10.9. The van der Waals surface area contributed by atoms with Crippen molar-refractivity contribution in [2.75, 3.05) is 24.2 Å². The summed E-state index contributed by atoms with van der Waals surface area (Å²) in [6.45, 7) is 4.17. The van der Waals surface area contributed by atoms with E-state index < -0.39 is 10.0 Å². The van der Waals surface area contributed by atoms with Crippen LogP contribution >= 0.6 is 0 Å². The maximum Gasteiger partial charge on any atom is 0.223 e. The average molecular weight is 442 g/mol. The van der Waals surface area contributed by atoms with Gasteiger partial charge in [-0.05, 0) is 36.5 Å². The van der Waals surface area contributed by atoms with Gasteiger partial charge in [0.15, 0.2) is 0 Å². The van der Waals surface area contributed by atoms with E-state index in [1.165, 1.54) is 11.8 Å². The first kappa shape index (κ1) is 22.0. The van der Waals surface area contributed by atoms with Crippen LogP contribution in [-0.4, -0.2) is 55.0 Å². The minimum atomic E-state index is -3.34. The molecule has 1 amide bonds. The molecule has 2 atom stereocenters. The topological polar surface area (TPSA) is 60.9 Å². The molecule has 0 aliphatic carbocycles. The highest BCUT2D eigenvalue weighted by molar-refractivity contribution is 7.88. The molecular formula is C24H31N3O3S. The summed E-state index contributed by atoms with van der Waals surface area (Å²) in [5.41, 5.74) is 3.22. The Morgan fingerprint density at radius 3 is 2.35 bits per heavy atom. The molecule has 166 valence electrons. The summed E-state index contributed by atoms with van der Waals surface area (Å²) in [6, 6.07) is 18.2. The summed E-state index contributed by atoms with van der Waals surface area (Å²) >= 11 is 0. The molecule has 31 heavy (non-hydrogen) atoms. The van der Waals surface area contributed by atoms with E-state index in [9.17, 15) is 13.2 Å². The second-order valence-electron chi connectivity index (χ2n) is 8.72. The van der Waals surface area contributed by atoms with Crippen molar-refractivity contribution < 1.29 is 13.2 Å². The van der Waals surface area contributed by atoms with E-state index in [1.54, 1.807) is 11.2 Å². The Bertz CT molecular complexity index is 1030. The largest absolute Gasteiger partial charge is 0.312 e. The van der Waals surface area contributed by atoms with Crippen molar-refractivity contribution in [3.05, 3.63) is 65.7 Å². The fourth-order valence-corrected chi connectivity index (χ4v) is 6.59. The zero-order valence-electron chi connectivity index (χ0n) is 18.3. The second-order valence-corrected chi connectivity index (χ2v) is 10.6. The third kappa shape index (κ3) is 5.00. The molecule has 2 bridgehead atoms. The van der Waals surface area contributed by atoms with Crippen LogP contribution in [0.2, 0.25) is 0 Å². The minimum Gasteiger partial charge on any atom is -0.312 e. The molecule has 2 aliphatic rings. The summed E-state index contributed by atoms with van der Waals surface area (Å²) in [4.78, 5) is 16.7. The number of anilines is 1. The first-order chi connectivity index (χ1) is 14.8. The Hall–Kier alpha value is -2.22. The van der Waals surface area contributed by atoms with Crippen LogP contribution in [0.5, 0.6) is 0 Å². The molecule has 2 aliphatic heterocycles. The predicted octanol–water partition coefficient (Wildman–Crippen LogP) is 3.24. The Morgan fingerprint density at radius 2 is 1.65 bits per heavy atom. The summed E-state index contributed by atoms with van der Waals surface area (Å²) in [7, 11) is -3.34. The number of nitrogens with zero attached hydrogens (tertiary/aromatic N) is 3. The van der Waals surface area contributed by atoms with E-state index in [0.29, 0.717) is 26.1 Å². The standard InChI is InChI=1S/C24H31N3O3S/c1-19(28)26-15-14-22-12-13-23(27(22)31(2,29)30)18-25(16-20-8-4-3-5-9-20)17-21-10-6-7-11-24(21)26/h3-11,22-23H,12-18H2,1-2H3/t22-,23+/m1/s1. The van der Waals surface area contributed by atoms with Gasteiger partial charge in [-0.25, -0.2) is 8.42 Å². The molecule has 4 rings (SSSR count). The molecule has 0 N–H and O–H groups in total. The molecule has 2 aromatic rings. The van der Waals surface area contributed by atoms with Crippen molar-refractivity contribution in [3.63, 3.8) is 0 Å². The van der Waals surface area contributed by atoms with Crippen molar-refractivity contribution in [2.24, 2.45) is 0 Å². The van der Waals surface area contributed by atoms with Gasteiger partial charge >= 0.3 is 0 Å². The number of carbonyl (C=O) groups is 1. The molecule has 0 radical (unpaired) electrons. The maximum atomic E-state index is 12.7. The predicted molar refractivity (Wildman–Crippen MR) is 123 cm³/mol. The average Bonchev–Trinajstić information content (AvgIpc) is 3.11. The van der Waals surface area contributed by atoms with Gasteiger partial charge in [0.25, 0.3) is 0 Å². The van der Waals surface area contributed by atoms with Crippen molar-refractivity contribution in [1.82, 2.24) is 9.21 Å². The number of amides is 1. The van der Waals surface area contributed by atoms with Gasteiger partial charge in [-0.1, -0.05) is 48.5 Å². The van der Waals surface area contributed by atoms with Gasteiger partial charge in [-0.2, -0.15) is 4.31 Å². The molecule has 1 fully saturated rings.